The Morgan fingerprint density at radius 2 is 1.86 bits per heavy atom. The summed E-state index contributed by atoms with van der Waals surface area (Å²) in [5.74, 6) is 0.157. The molecule has 0 atom stereocenters. The van der Waals surface area contributed by atoms with Crippen LogP contribution < -0.4 is 10.6 Å². The first-order valence-corrected chi connectivity index (χ1v) is 9.22. The average molecular weight is 375 g/mol. The molecular formula is C22H25N5O. The fourth-order valence-corrected chi connectivity index (χ4v) is 2.88. The van der Waals surface area contributed by atoms with Crippen molar-refractivity contribution in [3.05, 3.63) is 77.4 Å². The van der Waals surface area contributed by atoms with Crippen molar-refractivity contribution in [2.45, 2.75) is 39.7 Å². The van der Waals surface area contributed by atoms with Crippen molar-refractivity contribution in [3.63, 3.8) is 0 Å². The molecule has 2 heterocycles. The van der Waals surface area contributed by atoms with Gasteiger partial charge in [-0.15, -0.1) is 0 Å². The fraction of sp³-hybridized carbons (Fsp3) is 0.273. The topological polar surface area (TPSA) is 79.8 Å². The normalized spacial score (nSPS) is 11.1. The molecule has 0 radical (unpaired) electrons. The van der Waals surface area contributed by atoms with Gasteiger partial charge < -0.3 is 10.6 Å². The van der Waals surface area contributed by atoms with Crippen molar-refractivity contribution in [1.82, 2.24) is 20.3 Å². The molecule has 0 saturated carbocycles. The predicted octanol–water partition coefficient (Wildman–Crippen LogP) is 4.15. The lowest BCUT2D eigenvalue weighted by molar-refractivity contribution is 0.0945. The third-order valence-corrected chi connectivity index (χ3v) is 4.24. The number of pyridine rings is 1. The lowest BCUT2D eigenvalue weighted by Gasteiger charge is -2.23. The molecular weight excluding hydrogens is 350 g/mol. The highest BCUT2D eigenvalue weighted by Gasteiger charge is 2.18. The van der Waals surface area contributed by atoms with Crippen LogP contribution in [0.15, 0.2) is 54.9 Å². The maximum absolute atomic E-state index is 12.6. The number of aryl methyl sites for hydroxylation is 1. The van der Waals surface area contributed by atoms with Gasteiger partial charge in [-0.25, -0.2) is 9.97 Å². The summed E-state index contributed by atoms with van der Waals surface area (Å²) in [6, 6.07) is 13.5. The van der Waals surface area contributed by atoms with E-state index in [9.17, 15) is 4.79 Å². The average Bonchev–Trinajstić information content (AvgIpc) is 2.66. The SMILES string of the molecule is Cc1cc(C(=O)NCc2cccnc2)nc(Nc2ccccc2C(C)(C)C)n1. The second-order valence-electron chi connectivity index (χ2n) is 7.68. The van der Waals surface area contributed by atoms with E-state index in [2.05, 4.69) is 52.4 Å². The van der Waals surface area contributed by atoms with E-state index in [1.165, 1.54) is 0 Å². The minimum Gasteiger partial charge on any atom is -0.347 e. The van der Waals surface area contributed by atoms with E-state index in [0.717, 1.165) is 22.5 Å². The third-order valence-electron chi connectivity index (χ3n) is 4.24. The molecule has 0 aliphatic rings. The van der Waals surface area contributed by atoms with Gasteiger partial charge in [0.05, 0.1) is 0 Å². The minimum atomic E-state index is -0.249. The number of aromatic nitrogens is 3. The second kappa shape index (κ2) is 8.17. The first-order valence-electron chi connectivity index (χ1n) is 9.22. The largest absolute Gasteiger partial charge is 0.347 e. The Kier molecular flexibility index (Phi) is 5.68. The summed E-state index contributed by atoms with van der Waals surface area (Å²) in [5, 5.41) is 6.15. The van der Waals surface area contributed by atoms with Crippen LogP contribution >= 0.6 is 0 Å². The molecule has 2 N–H and O–H groups in total. The summed E-state index contributed by atoms with van der Waals surface area (Å²) < 4.78 is 0. The molecule has 6 nitrogen and oxygen atoms in total. The number of rotatable bonds is 5. The van der Waals surface area contributed by atoms with Crippen molar-refractivity contribution in [2.24, 2.45) is 0 Å². The quantitative estimate of drug-likeness (QED) is 0.700. The number of hydrogen-bond acceptors (Lipinski definition) is 5. The highest BCUT2D eigenvalue weighted by atomic mass is 16.1. The standard InChI is InChI=1S/C22H25N5O/c1-15-12-19(20(28)24-14-16-8-7-11-23-13-16)27-21(25-15)26-18-10-6-5-9-17(18)22(2,3)4/h5-13H,14H2,1-4H3,(H,24,28)(H,25,26,27). The zero-order valence-electron chi connectivity index (χ0n) is 16.7. The van der Waals surface area contributed by atoms with Crippen LogP contribution in [-0.4, -0.2) is 20.9 Å². The summed E-state index contributed by atoms with van der Waals surface area (Å²) in [6.45, 7) is 8.71. The number of hydrogen-bond donors (Lipinski definition) is 2. The molecule has 144 valence electrons. The van der Waals surface area contributed by atoms with Crippen molar-refractivity contribution < 1.29 is 4.79 Å². The maximum atomic E-state index is 12.6. The number of carbonyl (C=O) groups is 1. The molecule has 2 aromatic heterocycles. The number of carbonyl (C=O) groups excluding carboxylic acids is 1. The lowest BCUT2D eigenvalue weighted by atomic mass is 9.86. The Morgan fingerprint density at radius 1 is 1.07 bits per heavy atom. The van der Waals surface area contributed by atoms with Crippen LogP contribution in [0.1, 0.15) is 48.1 Å². The first kappa shape index (κ1) is 19.5. The van der Waals surface area contributed by atoms with Gasteiger partial charge in [0.1, 0.15) is 5.69 Å². The highest BCUT2D eigenvalue weighted by Crippen LogP contribution is 2.30. The maximum Gasteiger partial charge on any atom is 0.270 e. The Balaban J connectivity index is 1.80. The van der Waals surface area contributed by atoms with Gasteiger partial charge in [-0.3, -0.25) is 9.78 Å². The molecule has 6 heteroatoms. The molecule has 3 rings (SSSR count). The number of nitrogens with zero attached hydrogens (tertiary/aromatic N) is 3. The smallest absolute Gasteiger partial charge is 0.270 e. The zero-order valence-corrected chi connectivity index (χ0v) is 16.7. The van der Waals surface area contributed by atoms with E-state index in [1.54, 1.807) is 18.5 Å². The number of nitrogens with one attached hydrogen (secondary N) is 2. The molecule has 0 unspecified atom stereocenters. The number of benzene rings is 1. The molecule has 0 spiro atoms. The number of para-hydroxylation sites is 1. The van der Waals surface area contributed by atoms with Crippen LogP contribution in [0.25, 0.3) is 0 Å². The predicted molar refractivity (Wildman–Crippen MR) is 111 cm³/mol. The number of anilines is 2. The van der Waals surface area contributed by atoms with Gasteiger partial charge in [-0.05, 0) is 41.7 Å². The van der Waals surface area contributed by atoms with Gasteiger partial charge in [-0.1, -0.05) is 45.0 Å². The summed E-state index contributed by atoms with van der Waals surface area (Å²) in [7, 11) is 0. The van der Waals surface area contributed by atoms with Crippen molar-refractivity contribution >= 4 is 17.5 Å². The van der Waals surface area contributed by atoms with Crippen LogP contribution in [0, 0.1) is 6.92 Å². The molecule has 0 saturated heterocycles. The molecule has 0 aliphatic carbocycles. The van der Waals surface area contributed by atoms with E-state index in [1.807, 2.05) is 37.3 Å². The van der Waals surface area contributed by atoms with Gasteiger partial charge >= 0.3 is 0 Å². The van der Waals surface area contributed by atoms with Crippen molar-refractivity contribution in [1.29, 1.82) is 0 Å². The third kappa shape index (κ3) is 4.91. The van der Waals surface area contributed by atoms with Gasteiger partial charge in [0.2, 0.25) is 5.95 Å². The van der Waals surface area contributed by atoms with Crippen molar-refractivity contribution in [2.75, 3.05) is 5.32 Å². The molecule has 28 heavy (non-hydrogen) atoms. The van der Waals surface area contributed by atoms with Crippen LogP contribution in [-0.2, 0) is 12.0 Å². The van der Waals surface area contributed by atoms with Crippen molar-refractivity contribution in [3.8, 4) is 0 Å². The molecule has 1 aromatic carbocycles. The van der Waals surface area contributed by atoms with E-state index in [4.69, 9.17) is 0 Å². The van der Waals surface area contributed by atoms with Crippen LogP contribution in [0.4, 0.5) is 11.6 Å². The Labute approximate surface area is 165 Å². The molecule has 0 aliphatic heterocycles. The summed E-state index contributed by atoms with van der Waals surface area (Å²) >= 11 is 0. The Bertz CT molecular complexity index is 964. The van der Waals surface area contributed by atoms with Crippen LogP contribution in [0.2, 0.25) is 0 Å². The Hall–Kier alpha value is -3.28. The minimum absolute atomic E-state index is 0.0304. The molecule has 0 fully saturated rings. The Morgan fingerprint density at radius 3 is 2.57 bits per heavy atom. The molecule has 3 aromatic rings. The first-order chi connectivity index (χ1) is 13.3. The highest BCUT2D eigenvalue weighted by molar-refractivity contribution is 5.92. The van der Waals surface area contributed by atoms with E-state index in [0.29, 0.717) is 18.2 Å². The van der Waals surface area contributed by atoms with Gasteiger partial charge in [0.25, 0.3) is 5.91 Å². The van der Waals surface area contributed by atoms with Gasteiger partial charge in [0, 0.05) is 30.3 Å². The monoisotopic (exact) mass is 375 g/mol. The lowest BCUT2D eigenvalue weighted by Crippen LogP contribution is -2.24. The van der Waals surface area contributed by atoms with Gasteiger partial charge in [-0.2, -0.15) is 0 Å². The second-order valence-corrected chi connectivity index (χ2v) is 7.68. The van der Waals surface area contributed by atoms with E-state index >= 15 is 0 Å². The van der Waals surface area contributed by atoms with Gasteiger partial charge in [0.15, 0.2) is 0 Å². The molecule has 1 amide bonds. The summed E-state index contributed by atoms with van der Waals surface area (Å²) in [4.78, 5) is 25.5. The van der Waals surface area contributed by atoms with Crippen LogP contribution in [0.5, 0.6) is 0 Å². The fourth-order valence-electron chi connectivity index (χ4n) is 2.88. The van der Waals surface area contributed by atoms with E-state index in [-0.39, 0.29) is 11.3 Å². The van der Waals surface area contributed by atoms with Crippen LogP contribution in [0.3, 0.4) is 0 Å². The molecule has 0 bridgehead atoms. The zero-order chi connectivity index (χ0) is 20.1. The van der Waals surface area contributed by atoms with E-state index < -0.39 is 0 Å². The number of amides is 1. The summed E-state index contributed by atoms with van der Waals surface area (Å²) in [6.07, 6.45) is 3.42. The summed E-state index contributed by atoms with van der Waals surface area (Å²) in [5.41, 5.74) is 4.03.